The Labute approximate surface area is 120 Å². The topological polar surface area (TPSA) is 35.6 Å². The highest BCUT2D eigenvalue weighted by molar-refractivity contribution is 7.98. The van der Waals surface area contributed by atoms with Crippen molar-refractivity contribution in [3.63, 3.8) is 0 Å². The Morgan fingerprint density at radius 1 is 1.47 bits per heavy atom. The van der Waals surface area contributed by atoms with Crippen LogP contribution in [0.15, 0.2) is 12.2 Å². The normalized spacial score (nSPS) is 24.9. The number of carbonyl (C=O) groups is 1. The molecule has 2 aliphatic rings. The van der Waals surface area contributed by atoms with Crippen LogP contribution in [-0.2, 0) is 0 Å². The number of carbonyl (C=O) groups excluding carboxylic acids is 1. The van der Waals surface area contributed by atoms with E-state index in [-0.39, 0.29) is 12.1 Å². The van der Waals surface area contributed by atoms with Crippen molar-refractivity contribution < 1.29 is 4.79 Å². The second kappa shape index (κ2) is 7.20. The molecule has 5 heteroatoms. The van der Waals surface area contributed by atoms with Crippen LogP contribution in [0.5, 0.6) is 0 Å². The predicted molar refractivity (Wildman–Crippen MR) is 81.7 cm³/mol. The summed E-state index contributed by atoms with van der Waals surface area (Å²) in [5, 5.41) is 3.11. The SMILES string of the molecule is CSCC[C@@H](C)NC(=O)N1CC[C@H](N2CC=CC2)C1. The van der Waals surface area contributed by atoms with E-state index in [0.717, 1.165) is 44.8 Å². The van der Waals surface area contributed by atoms with Gasteiger partial charge >= 0.3 is 6.03 Å². The second-order valence-corrected chi connectivity index (χ2v) is 6.43. The third kappa shape index (κ3) is 4.14. The van der Waals surface area contributed by atoms with Gasteiger partial charge in [-0.25, -0.2) is 4.79 Å². The summed E-state index contributed by atoms with van der Waals surface area (Å²) < 4.78 is 0. The number of thioether (sulfide) groups is 1. The fourth-order valence-electron chi connectivity index (χ4n) is 2.69. The molecule has 19 heavy (non-hydrogen) atoms. The van der Waals surface area contributed by atoms with Crippen LogP contribution in [0.1, 0.15) is 19.8 Å². The quantitative estimate of drug-likeness (QED) is 0.781. The van der Waals surface area contributed by atoms with Crippen LogP contribution in [0.4, 0.5) is 4.79 Å². The maximum Gasteiger partial charge on any atom is 0.317 e. The summed E-state index contributed by atoms with van der Waals surface area (Å²) in [5.74, 6) is 1.10. The smallest absolute Gasteiger partial charge is 0.317 e. The van der Waals surface area contributed by atoms with Crippen LogP contribution in [0, 0.1) is 0 Å². The summed E-state index contributed by atoms with van der Waals surface area (Å²) >= 11 is 1.83. The largest absolute Gasteiger partial charge is 0.336 e. The maximum atomic E-state index is 12.2. The summed E-state index contributed by atoms with van der Waals surface area (Å²) in [6, 6.07) is 0.929. The Morgan fingerprint density at radius 3 is 2.89 bits per heavy atom. The lowest BCUT2D eigenvalue weighted by Gasteiger charge is -2.24. The molecule has 2 rings (SSSR count). The van der Waals surface area contributed by atoms with Gasteiger partial charge < -0.3 is 10.2 Å². The molecular weight excluding hydrogens is 258 g/mol. The first-order chi connectivity index (χ1) is 9.20. The minimum Gasteiger partial charge on any atom is -0.336 e. The number of rotatable bonds is 5. The highest BCUT2D eigenvalue weighted by Gasteiger charge is 2.30. The number of hydrogen-bond acceptors (Lipinski definition) is 3. The van der Waals surface area contributed by atoms with Gasteiger partial charge in [0.15, 0.2) is 0 Å². The lowest BCUT2D eigenvalue weighted by molar-refractivity contribution is 0.197. The van der Waals surface area contributed by atoms with E-state index in [4.69, 9.17) is 0 Å². The lowest BCUT2D eigenvalue weighted by atomic mass is 10.2. The molecule has 0 spiro atoms. The van der Waals surface area contributed by atoms with E-state index < -0.39 is 0 Å². The first kappa shape index (κ1) is 14.7. The van der Waals surface area contributed by atoms with E-state index in [1.807, 2.05) is 16.7 Å². The van der Waals surface area contributed by atoms with Crippen LogP contribution < -0.4 is 5.32 Å². The van der Waals surface area contributed by atoms with Crippen LogP contribution in [-0.4, -0.2) is 66.1 Å². The van der Waals surface area contributed by atoms with Crippen molar-refractivity contribution >= 4 is 17.8 Å². The van der Waals surface area contributed by atoms with Crippen molar-refractivity contribution in [3.8, 4) is 0 Å². The Morgan fingerprint density at radius 2 is 2.21 bits per heavy atom. The molecule has 2 atom stereocenters. The molecule has 0 aromatic heterocycles. The zero-order chi connectivity index (χ0) is 13.7. The molecule has 0 radical (unpaired) electrons. The van der Waals surface area contributed by atoms with Gasteiger partial charge in [0, 0.05) is 38.3 Å². The fourth-order valence-corrected chi connectivity index (χ4v) is 3.27. The number of likely N-dealkylation sites (tertiary alicyclic amines) is 1. The van der Waals surface area contributed by atoms with Gasteiger partial charge in [0.1, 0.15) is 0 Å². The van der Waals surface area contributed by atoms with Crippen LogP contribution in [0.3, 0.4) is 0 Å². The molecular formula is C14H25N3OS. The summed E-state index contributed by atoms with van der Waals surface area (Å²) in [7, 11) is 0. The van der Waals surface area contributed by atoms with E-state index in [0.29, 0.717) is 6.04 Å². The van der Waals surface area contributed by atoms with Crippen LogP contribution in [0.25, 0.3) is 0 Å². The Kier molecular flexibility index (Phi) is 5.58. The van der Waals surface area contributed by atoms with Gasteiger partial charge in [-0.3, -0.25) is 4.90 Å². The summed E-state index contributed by atoms with van der Waals surface area (Å²) in [6.45, 7) is 5.95. The third-order valence-corrected chi connectivity index (χ3v) is 4.58. The molecule has 108 valence electrons. The maximum absolute atomic E-state index is 12.2. The van der Waals surface area contributed by atoms with E-state index in [9.17, 15) is 4.79 Å². The molecule has 1 N–H and O–H groups in total. The van der Waals surface area contributed by atoms with Gasteiger partial charge in [-0.2, -0.15) is 11.8 Å². The van der Waals surface area contributed by atoms with Gasteiger partial charge in [-0.1, -0.05) is 12.2 Å². The van der Waals surface area contributed by atoms with Crippen molar-refractivity contribution in [1.29, 1.82) is 0 Å². The van der Waals surface area contributed by atoms with Crippen molar-refractivity contribution in [2.45, 2.75) is 31.8 Å². The molecule has 0 unspecified atom stereocenters. The molecule has 1 saturated heterocycles. The standard InChI is InChI=1S/C14H25N3OS/c1-12(6-10-19-2)15-14(18)17-9-5-13(11-17)16-7-3-4-8-16/h3-4,12-13H,5-11H2,1-2H3,(H,15,18)/t12-,13+/m1/s1. The summed E-state index contributed by atoms with van der Waals surface area (Å²) in [5.41, 5.74) is 0. The number of hydrogen-bond donors (Lipinski definition) is 1. The molecule has 4 nitrogen and oxygen atoms in total. The molecule has 0 aromatic rings. The van der Waals surface area contributed by atoms with E-state index in [1.54, 1.807) is 0 Å². The number of nitrogens with zero attached hydrogens (tertiary/aromatic N) is 2. The van der Waals surface area contributed by atoms with E-state index in [2.05, 4.69) is 35.5 Å². The van der Waals surface area contributed by atoms with Gasteiger partial charge in [-0.15, -0.1) is 0 Å². The molecule has 0 aromatic carbocycles. The zero-order valence-electron chi connectivity index (χ0n) is 12.0. The van der Waals surface area contributed by atoms with Crippen molar-refractivity contribution in [2.24, 2.45) is 0 Å². The molecule has 0 saturated carbocycles. The van der Waals surface area contributed by atoms with Gasteiger partial charge in [0.2, 0.25) is 0 Å². The van der Waals surface area contributed by atoms with Gasteiger partial charge in [-0.05, 0) is 31.8 Å². The first-order valence-electron chi connectivity index (χ1n) is 7.14. The molecule has 2 amide bonds. The second-order valence-electron chi connectivity index (χ2n) is 5.45. The monoisotopic (exact) mass is 283 g/mol. The highest BCUT2D eigenvalue weighted by Crippen LogP contribution is 2.18. The van der Waals surface area contributed by atoms with Crippen molar-refractivity contribution in [2.75, 3.05) is 38.2 Å². The molecule has 1 fully saturated rings. The van der Waals surface area contributed by atoms with Crippen LogP contribution in [0.2, 0.25) is 0 Å². The molecule has 2 heterocycles. The Bertz CT molecular complexity index is 327. The van der Waals surface area contributed by atoms with Crippen LogP contribution >= 0.6 is 11.8 Å². The Balaban J connectivity index is 1.72. The van der Waals surface area contributed by atoms with Gasteiger partial charge in [0.05, 0.1) is 0 Å². The van der Waals surface area contributed by atoms with Crippen molar-refractivity contribution in [1.82, 2.24) is 15.1 Å². The third-order valence-electron chi connectivity index (χ3n) is 3.94. The minimum atomic E-state index is 0.114. The van der Waals surface area contributed by atoms with Crippen molar-refractivity contribution in [3.05, 3.63) is 12.2 Å². The van der Waals surface area contributed by atoms with Gasteiger partial charge in [0.25, 0.3) is 0 Å². The summed E-state index contributed by atoms with van der Waals surface area (Å²) in [6.07, 6.45) is 8.68. The summed E-state index contributed by atoms with van der Waals surface area (Å²) in [4.78, 5) is 16.6. The number of urea groups is 1. The Hall–Kier alpha value is -0.680. The highest BCUT2D eigenvalue weighted by atomic mass is 32.2. The minimum absolute atomic E-state index is 0.114. The molecule has 0 bridgehead atoms. The lowest BCUT2D eigenvalue weighted by Crippen LogP contribution is -2.44. The predicted octanol–water partition coefficient (Wildman–Crippen LogP) is 1.78. The zero-order valence-corrected chi connectivity index (χ0v) is 12.8. The first-order valence-corrected chi connectivity index (χ1v) is 8.53. The average Bonchev–Trinajstić information content (AvgIpc) is 3.05. The fraction of sp³-hybridized carbons (Fsp3) is 0.786. The van der Waals surface area contributed by atoms with E-state index in [1.165, 1.54) is 0 Å². The molecule has 0 aliphatic carbocycles. The number of amides is 2. The molecule has 2 aliphatic heterocycles. The number of nitrogens with one attached hydrogen (secondary N) is 1. The van der Waals surface area contributed by atoms with E-state index >= 15 is 0 Å². The average molecular weight is 283 g/mol.